The lowest BCUT2D eigenvalue weighted by Gasteiger charge is -2.35. The Morgan fingerprint density at radius 3 is 2.25 bits per heavy atom. The monoisotopic (exact) mass is 450 g/mol. The smallest absolute Gasteiger partial charge is 0.250 e. The Balaban J connectivity index is 1.60. The second-order valence-electron chi connectivity index (χ2n) is 7.87. The van der Waals surface area contributed by atoms with Gasteiger partial charge >= 0.3 is 0 Å². The van der Waals surface area contributed by atoms with Crippen LogP contribution in [-0.2, 0) is 21.2 Å². The highest BCUT2D eigenvalue weighted by molar-refractivity contribution is 7.92. The lowest BCUT2D eigenvalue weighted by molar-refractivity contribution is -0.119. The molecule has 0 radical (unpaired) electrons. The van der Waals surface area contributed by atoms with Crippen molar-refractivity contribution in [3.63, 3.8) is 0 Å². The molecule has 0 saturated heterocycles. The molecule has 166 valence electrons. The van der Waals surface area contributed by atoms with Crippen molar-refractivity contribution in [2.45, 2.75) is 25.8 Å². The Bertz CT molecular complexity index is 1190. The molecule has 1 amide bonds. The minimum absolute atomic E-state index is 0.243. The summed E-state index contributed by atoms with van der Waals surface area (Å²) in [7, 11) is -3.70. The molecule has 1 heterocycles. The fourth-order valence-electron chi connectivity index (χ4n) is 4.08. The van der Waals surface area contributed by atoms with E-state index in [0.29, 0.717) is 23.7 Å². The van der Waals surface area contributed by atoms with E-state index in [2.05, 4.69) is 0 Å². The first-order valence-electron chi connectivity index (χ1n) is 10.6. The molecule has 32 heavy (non-hydrogen) atoms. The normalized spacial score (nSPS) is 14.4. The number of nitrogens with zero attached hydrogens (tertiary/aromatic N) is 2. The van der Waals surface area contributed by atoms with E-state index in [1.54, 1.807) is 36.1 Å². The van der Waals surface area contributed by atoms with Gasteiger partial charge in [-0.1, -0.05) is 36.4 Å². The number of aryl methyl sites for hydroxylation is 1. The summed E-state index contributed by atoms with van der Waals surface area (Å²) >= 11 is 0. The summed E-state index contributed by atoms with van der Waals surface area (Å²) in [6, 6.07) is 23.0. The molecule has 0 N–H and O–H groups in total. The van der Waals surface area contributed by atoms with Crippen molar-refractivity contribution < 1.29 is 17.9 Å². The molecule has 0 bridgehead atoms. The van der Waals surface area contributed by atoms with Crippen molar-refractivity contribution in [1.82, 2.24) is 0 Å². The largest absolute Gasteiger partial charge is 0.457 e. The first kappa shape index (κ1) is 21.9. The Morgan fingerprint density at radius 1 is 0.938 bits per heavy atom. The number of hydrogen-bond acceptors (Lipinski definition) is 4. The molecule has 6 nitrogen and oxygen atoms in total. The quantitative estimate of drug-likeness (QED) is 0.550. The van der Waals surface area contributed by atoms with Crippen LogP contribution in [0.1, 0.15) is 18.9 Å². The van der Waals surface area contributed by atoms with Crippen molar-refractivity contribution in [3.8, 4) is 11.5 Å². The van der Waals surface area contributed by atoms with Gasteiger partial charge in [0.2, 0.25) is 10.0 Å². The minimum Gasteiger partial charge on any atom is -0.457 e. The number of rotatable bonds is 6. The third kappa shape index (κ3) is 4.62. The average molecular weight is 451 g/mol. The van der Waals surface area contributed by atoms with Crippen LogP contribution in [0.2, 0.25) is 0 Å². The van der Waals surface area contributed by atoms with Crippen molar-refractivity contribution in [2.75, 3.05) is 22.0 Å². The van der Waals surface area contributed by atoms with E-state index in [9.17, 15) is 13.2 Å². The predicted molar refractivity (Wildman–Crippen MR) is 127 cm³/mol. The average Bonchev–Trinajstić information content (AvgIpc) is 2.79. The maximum absolute atomic E-state index is 13.4. The van der Waals surface area contributed by atoms with Gasteiger partial charge in [0.25, 0.3) is 5.91 Å². The number of ether oxygens (including phenoxy) is 1. The van der Waals surface area contributed by atoms with Gasteiger partial charge in [-0.05, 0) is 67.8 Å². The van der Waals surface area contributed by atoms with Crippen LogP contribution < -0.4 is 13.9 Å². The van der Waals surface area contributed by atoms with E-state index in [-0.39, 0.29) is 5.91 Å². The highest BCUT2D eigenvalue weighted by Gasteiger charge is 2.34. The number of amides is 1. The Labute approximate surface area is 189 Å². The Hall–Kier alpha value is -3.32. The highest BCUT2D eigenvalue weighted by atomic mass is 32.2. The van der Waals surface area contributed by atoms with E-state index in [4.69, 9.17) is 4.74 Å². The number of sulfonamides is 1. The van der Waals surface area contributed by atoms with E-state index in [0.717, 1.165) is 30.3 Å². The molecule has 0 spiro atoms. The third-order valence-corrected chi connectivity index (χ3v) is 6.75. The fraction of sp³-hybridized carbons (Fsp3) is 0.240. The lowest BCUT2D eigenvalue weighted by Crippen LogP contribution is -2.50. The number of anilines is 2. The molecule has 0 aromatic heterocycles. The van der Waals surface area contributed by atoms with Gasteiger partial charge in [-0.2, -0.15) is 0 Å². The van der Waals surface area contributed by atoms with Gasteiger partial charge in [0.05, 0.1) is 11.9 Å². The van der Waals surface area contributed by atoms with Crippen molar-refractivity contribution in [2.24, 2.45) is 0 Å². The molecular formula is C25H26N2O4S. The van der Waals surface area contributed by atoms with Crippen LogP contribution in [-0.4, -0.2) is 33.2 Å². The molecule has 1 atom stereocenters. The zero-order valence-corrected chi connectivity index (χ0v) is 19.0. The summed E-state index contributed by atoms with van der Waals surface area (Å²) in [4.78, 5) is 15.1. The molecular weight excluding hydrogens is 424 g/mol. The van der Waals surface area contributed by atoms with Crippen LogP contribution in [0.15, 0.2) is 78.9 Å². The van der Waals surface area contributed by atoms with E-state index < -0.39 is 16.1 Å². The van der Waals surface area contributed by atoms with Crippen LogP contribution in [0.4, 0.5) is 11.4 Å². The number of carbonyl (C=O) groups excluding carboxylic acids is 1. The van der Waals surface area contributed by atoms with E-state index >= 15 is 0 Å². The standard InChI is InChI=1S/C25H26N2O4S/c1-19(25(28)26-18-8-10-20-9-6-7-13-24(20)26)27(32(2,29)30)21-14-16-23(17-15-21)31-22-11-4-3-5-12-22/h3-7,9,11-17,19H,8,10,18H2,1-2H3/t19-/m1/s1. The molecule has 1 aliphatic heterocycles. The summed E-state index contributed by atoms with van der Waals surface area (Å²) in [6.45, 7) is 2.20. The number of benzene rings is 3. The molecule has 3 aromatic carbocycles. The zero-order valence-electron chi connectivity index (χ0n) is 18.1. The second-order valence-corrected chi connectivity index (χ2v) is 9.73. The third-order valence-electron chi connectivity index (χ3n) is 5.51. The van der Waals surface area contributed by atoms with E-state index in [1.807, 2.05) is 54.6 Å². The molecule has 7 heteroatoms. The summed E-state index contributed by atoms with van der Waals surface area (Å²) in [6.07, 6.45) is 2.88. The molecule has 3 aromatic rings. The SMILES string of the molecule is C[C@H](C(=O)N1CCCc2ccccc21)N(c1ccc(Oc2ccccc2)cc1)S(C)(=O)=O. The minimum atomic E-state index is -3.70. The zero-order chi connectivity index (χ0) is 22.7. The van der Waals surface area contributed by atoms with Gasteiger partial charge in [-0.3, -0.25) is 9.10 Å². The van der Waals surface area contributed by atoms with Crippen molar-refractivity contribution in [1.29, 1.82) is 0 Å². The van der Waals surface area contributed by atoms with Crippen LogP contribution in [0.25, 0.3) is 0 Å². The number of carbonyl (C=O) groups is 1. The molecule has 0 unspecified atom stereocenters. The maximum atomic E-state index is 13.4. The fourth-order valence-corrected chi connectivity index (χ4v) is 5.25. The maximum Gasteiger partial charge on any atom is 0.250 e. The van der Waals surface area contributed by atoms with Gasteiger partial charge in [-0.25, -0.2) is 8.42 Å². The van der Waals surface area contributed by atoms with Crippen LogP contribution in [0.3, 0.4) is 0 Å². The van der Waals surface area contributed by atoms with Gasteiger partial charge in [0.15, 0.2) is 0 Å². The summed E-state index contributed by atoms with van der Waals surface area (Å²) in [5.74, 6) is 1.03. The van der Waals surface area contributed by atoms with Crippen LogP contribution >= 0.6 is 0 Å². The topological polar surface area (TPSA) is 66.9 Å². The summed E-state index contributed by atoms with van der Waals surface area (Å²) in [5.41, 5.74) is 2.38. The lowest BCUT2D eigenvalue weighted by atomic mass is 10.0. The van der Waals surface area contributed by atoms with Crippen LogP contribution in [0, 0.1) is 0 Å². The van der Waals surface area contributed by atoms with Gasteiger partial charge in [0.1, 0.15) is 17.5 Å². The Kier molecular flexibility index (Phi) is 6.19. The molecule has 0 fully saturated rings. The molecule has 0 saturated carbocycles. The molecule has 4 rings (SSSR count). The predicted octanol–water partition coefficient (Wildman–Crippen LogP) is 4.61. The van der Waals surface area contributed by atoms with Crippen LogP contribution in [0.5, 0.6) is 11.5 Å². The van der Waals surface area contributed by atoms with Gasteiger partial charge in [0, 0.05) is 12.2 Å². The van der Waals surface area contributed by atoms with Gasteiger partial charge in [-0.15, -0.1) is 0 Å². The number of fused-ring (bicyclic) bond motifs is 1. The van der Waals surface area contributed by atoms with Gasteiger partial charge < -0.3 is 9.64 Å². The van der Waals surface area contributed by atoms with E-state index in [1.165, 1.54) is 4.31 Å². The Morgan fingerprint density at radius 2 is 1.56 bits per heavy atom. The van der Waals surface area contributed by atoms with Crippen molar-refractivity contribution >= 4 is 27.3 Å². The summed E-state index contributed by atoms with van der Waals surface area (Å²) < 4.78 is 32.4. The molecule has 0 aliphatic carbocycles. The first-order chi connectivity index (χ1) is 15.3. The second kappa shape index (κ2) is 9.04. The summed E-state index contributed by atoms with van der Waals surface area (Å²) in [5, 5.41) is 0. The first-order valence-corrected chi connectivity index (χ1v) is 12.4. The molecule has 1 aliphatic rings. The number of para-hydroxylation sites is 2. The van der Waals surface area contributed by atoms with Crippen molar-refractivity contribution in [3.05, 3.63) is 84.4 Å². The number of hydrogen-bond donors (Lipinski definition) is 0. The highest BCUT2D eigenvalue weighted by Crippen LogP contribution is 2.30.